The molecule has 1 N–H and O–H groups in total. The molecule has 2 aliphatic rings. The number of hydrogen-bond acceptors (Lipinski definition) is 5. The third-order valence-corrected chi connectivity index (χ3v) is 5.30. The Morgan fingerprint density at radius 1 is 1.15 bits per heavy atom. The van der Waals surface area contributed by atoms with Gasteiger partial charge in [-0.3, -0.25) is 9.78 Å². The Bertz CT molecular complexity index is 629. The number of amides is 2. The quantitative estimate of drug-likeness (QED) is 0.820. The summed E-state index contributed by atoms with van der Waals surface area (Å²) in [6.07, 6.45) is 7.01. The molecule has 1 aromatic heterocycles. The largest absolute Gasteiger partial charge is 0.462 e. The van der Waals surface area contributed by atoms with Crippen molar-refractivity contribution in [1.29, 1.82) is 0 Å². The minimum absolute atomic E-state index is 0.00906. The molecule has 7 nitrogen and oxygen atoms in total. The summed E-state index contributed by atoms with van der Waals surface area (Å²) in [5.41, 5.74) is 1.15. The van der Waals surface area contributed by atoms with Crippen LogP contribution in [0.4, 0.5) is 10.5 Å². The molecular formula is C20H30N4O3. The first-order valence-corrected chi connectivity index (χ1v) is 9.94. The SMILES string of the molecule is CC(C)C(=O)OC1CCCC(NC(=O)N2CCN(c3ccncc3)CC2)C1. The first kappa shape index (κ1) is 19.5. The average Bonchev–Trinajstić information content (AvgIpc) is 2.69. The van der Waals surface area contributed by atoms with Gasteiger partial charge < -0.3 is 19.9 Å². The molecule has 3 rings (SSSR count). The standard InChI is InChI=1S/C20H30N4O3/c1-15(2)19(25)27-18-5-3-4-16(14-18)22-20(26)24-12-10-23(11-13-24)17-6-8-21-9-7-17/h6-9,15-16,18H,3-5,10-14H2,1-2H3,(H,22,26). The van der Waals surface area contributed by atoms with E-state index in [0.717, 1.165) is 38.0 Å². The lowest BCUT2D eigenvalue weighted by molar-refractivity contribution is -0.154. The number of anilines is 1. The highest BCUT2D eigenvalue weighted by atomic mass is 16.5. The lowest BCUT2D eigenvalue weighted by Gasteiger charge is -2.37. The molecule has 1 aliphatic carbocycles. The molecule has 148 valence electrons. The van der Waals surface area contributed by atoms with Crippen LogP contribution in [0, 0.1) is 5.92 Å². The summed E-state index contributed by atoms with van der Waals surface area (Å²) in [6.45, 7) is 6.72. The van der Waals surface area contributed by atoms with E-state index in [4.69, 9.17) is 4.74 Å². The van der Waals surface area contributed by atoms with Gasteiger partial charge in [-0.2, -0.15) is 0 Å². The molecule has 2 fully saturated rings. The smallest absolute Gasteiger partial charge is 0.317 e. The predicted molar refractivity (Wildman–Crippen MR) is 104 cm³/mol. The van der Waals surface area contributed by atoms with Crippen LogP contribution < -0.4 is 10.2 Å². The average molecular weight is 374 g/mol. The van der Waals surface area contributed by atoms with Crippen LogP contribution in [0.5, 0.6) is 0 Å². The molecule has 1 aliphatic heterocycles. The van der Waals surface area contributed by atoms with E-state index in [1.54, 1.807) is 12.4 Å². The predicted octanol–water partition coefficient (Wildman–Crippen LogP) is 2.42. The van der Waals surface area contributed by atoms with Gasteiger partial charge in [-0.15, -0.1) is 0 Å². The zero-order valence-corrected chi connectivity index (χ0v) is 16.3. The molecule has 2 amide bonds. The number of esters is 1. The summed E-state index contributed by atoms with van der Waals surface area (Å²) in [4.78, 5) is 32.6. The van der Waals surface area contributed by atoms with Gasteiger partial charge in [0.2, 0.25) is 0 Å². The van der Waals surface area contributed by atoms with Crippen molar-refractivity contribution in [2.75, 3.05) is 31.1 Å². The van der Waals surface area contributed by atoms with E-state index in [1.807, 2.05) is 30.9 Å². The number of nitrogens with one attached hydrogen (secondary N) is 1. The molecule has 1 saturated heterocycles. The zero-order valence-electron chi connectivity index (χ0n) is 16.3. The Balaban J connectivity index is 1.44. The Hall–Kier alpha value is -2.31. The van der Waals surface area contributed by atoms with Gasteiger partial charge in [-0.25, -0.2) is 4.79 Å². The Morgan fingerprint density at radius 3 is 2.52 bits per heavy atom. The Labute approximate surface area is 161 Å². The molecule has 2 heterocycles. The van der Waals surface area contributed by atoms with Gasteiger partial charge in [0.15, 0.2) is 0 Å². The van der Waals surface area contributed by atoms with Crippen molar-refractivity contribution in [1.82, 2.24) is 15.2 Å². The van der Waals surface area contributed by atoms with E-state index in [0.29, 0.717) is 19.5 Å². The fourth-order valence-corrected chi connectivity index (χ4v) is 3.67. The number of pyridine rings is 1. The summed E-state index contributed by atoms with van der Waals surface area (Å²) in [5, 5.41) is 3.14. The van der Waals surface area contributed by atoms with Crippen LogP contribution in [0.2, 0.25) is 0 Å². The molecule has 7 heteroatoms. The number of piperazine rings is 1. The van der Waals surface area contributed by atoms with E-state index in [-0.39, 0.29) is 30.1 Å². The van der Waals surface area contributed by atoms with Crippen LogP contribution in [0.25, 0.3) is 0 Å². The van der Waals surface area contributed by atoms with Crippen LogP contribution in [-0.4, -0.2) is 60.2 Å². The van der Waals surface area contributed by atoms with E-state index in [9.17, 15) is 9.59 Å². The second kappa shape index (κ2) is 9.06. The molecule has 1 saturated carbocycles. The highest BCUT2D eigenvalue weighted by Crippen LogP contribution is 2.23. The van der Waals surface area contributed by atoms with Crippen molar-refractivity contribution in [3.63, 3.8) is 0 Å². The summed E-state index contributed by atoms with van der Waals surface area (Å²) in [7, 11) is 0. The number of urea groups is 1. The summed E-state index contributed by atoms with van der Waals surface area (Å²) in [6, 6.07) is 4.06. The van der Waals surface area contributed by atoms with Crippen molar-refractivity contribution in [2.24, 2.45) is 5.92 Å². The number of hydrogen-bond donors (Lipinski definition) is 1. The number of aromatic nitrogens is 1. The molecule has 0 radical (unpaired) electrons. The second-order valence-corrected chi connectivity index (χ2v) is 7.71. The van der Waals surface area contributed by atoms with Crippen molar-refractivity contribution in [2.45, 2.75) is 51.7 Å². The molecule has 0 spiro atoms. The van der Waals surface area contributed by atoms with Gasteiger partial charge in [0.1, 0.15) is 6.10 Å². The van der Waals surface area contributed by atoms with E-state index in [2.05, 4.69) is 15.2 Å². The minimum Gasteiger partial charge on any atom is -0.462 e. The number of rotatable bonds is 4. The van der Waals surface area contributed by atoms with Crippen LogP contribution in [0.15, 0.2) is 24.5 Å². The lowest BCUT2D eigenvalue weighted by atomic mass is 9.93. The molecule has 0 aromatic carbocycles. The fourth-order valence-electron chi connectivity index (χ4n) is 3.67. The molecule has 1 aromatic rings. The van der Waals surface area contributed by atoms with E-state index < -0.39 is 0 Å². The minimum atomic E-state index is -0.154. The maximum Gasteiger partial charge on any atom is 0.317 e. The normalized spacial score (nSPS) is 23.2. The van der Waals surface area contributed by atoms with Crippen molar-refractivity contribution >= 4 is 17.7 Å². The molecule has 27 heavy (non-hydrogen) atoms. The van der Waals surface area contributed by atoms with Crippen LogP contribution in [-0.2, 0) is 9.53 Å². The second-order valence-electron chi connectivity index (χ2n) is 7.71. The van der Waals surface area contributed by atoms with Crippen molar-refractivity contribution < 1.29 is 14.3 Å². The number of carbonyl (C=O) groups is 2. The van der Waals surface area contributed by atoms with Gasteiger partial charge in [0, 0.05) is 56.7 Å². The summed E-state index contributed by atoms with van der Waals surface area (Å²) in [5.74, 6) is -0.268. The molecule has 0 bridgehead atoms. The highest BCUT2D eigenvalue weighted by Gasteiger charge is 2.29. The van der Waals surface area contributed by atoms with Crippen molar-refractivity contribution in [3.8, 4) is 0 Å². The molecule has 2 unspecified atom stereocenters. The fraction of sp³-hybridized carbons (Fsp3) is 0.650. The first-order chi connectivity index (χ1) is 13.0. The number of ether oxygens (including phenoxy) is 1. The highest BCUT2D eigenvalue weighted by molar-refractivity contribution is 5.75. The summed E-state index contributed by atoms with van der Waals surface area (Å²) >= 11 is 0. The van der Waals surface area contributed by atoms with E-state index in [1.165, 1.54) is 0 Å². The third-order valence-electron chi connectivity index (χ3n) is 5.30. The zero-order chi connectivity index (χ0) is 19.2. The Morgan fingerprint density at radius 2 is 1.85 bits per heavy atom. The van der Waals surface area contributed by atoms with Gasteiger partial charge in [-0.1, -0.05) is 13.8 Å². The van der Waals surface area contributed by atoms with Crippen LogP contribution in [0.3, 0.4) is 0 Å². The maximum atomic E-state index is 12.6. The van der Waals surface area contributed by atoms with Gasteiger partial charge in [0.05, 0.1) is 5.92 Å². The monoisotopic (exact) mass is 374 g/mol. The van der Waals surface area contributed by atoms with Gasteiger partial charge >= 0.3 is 12.0 Å². The van der Waals surface area contributed by atoms with Crippen LogP contribution in [0.1, 0.15) is 39.5 Å². The lowest BCUT2D eigenvalue weighted by Crippen LogP contribution is -2.54. The number of nitrogens with zero attached hydrogens (tertiary/aromatic N) is 3. The van der Waals surface area contributed by atoms with E-state index >= 15 is 0 Å². The molecular weight excluding hydrogens is 344 g/mol. The third kappa shape index (κ3) is 5.34. The maximum absolute atomic E-state index is 12.6. The Kier molecular flexibility index (Phi) is 6.53. The molecule has 2 atom stereocenters. The summed E-state index contributed by atoms with van der Waals surface area (Å²) < 4.78 is 5.56. The van der Waals surface area contributed by atoms with Gasteiger partial charge in [0.25, 0.3) is 0 Å². The van der Waals surface area contributed by atoms with Crippen molar-refractivity contribution in [3.05, 3.63) is 24.5 Å². The number of carbonyl (C=O) groups excluding carboxylic acids is 2. The topological polar surface area (TPSA) is 74.8 Å². The first-order valence-electron chi connectivity index (χ1n) is 9.94. The van der Waals surface area contributed by atoms with Crippen LogP contribution >= 0.6 is 0 Å². The van der Waals surface area contributed by atoms with Gasteiger partial charge in [-0.05, 0) is 31.4 Å².